The van der Waals surface area contributed by atoms with E-state index in [0.29, 0.717) is 18.7 Å². The molecule has 1 aliphatic carbocycles. The molecule has 0 unspecified atom stereocenters. The second kappa shape index (κ2) is 8.33. The molecule has 7 heteroatoms. The van der Waals surface area contributed by atoms with E-state index in [-0.39, 0.29) is 6.10 Å². The largest absolute Gasteiger partial charge is 0.383 e. The van der Waals surface area contributed by atoms with Crippen LogP contribution in [0.3, 0.4) is 0 Å². The van der Waals surface area contributed by atoms with Crippen molar-refractivity contribution in [2.75, 3.05) is 20.3 Å². The van der Waals surface area contributed by atoms with Crippen molar-refractivity contribution >= 4 is 0 Å². The molecule has 7 nitrogen and oxygen atoms in total. The van der Waals surface area contributed by atoms with Crippen LogP contribution in [-0.2, 0) is 22.6 Å². The maximum Gasteiger partial charge on any atom is 0.101 e. The molecule has 2 aromatic rings. The lowest BCUT2D eigenvalue weighted by atomic mass is 10.1. The average Bonchev–Trinajstić information content (AvgIpc) is 3.45. The van der Waals surface area contributed by atoms with Gasteiger partial charge in [0.25, 0.3) is 0 Å². The summed E-state index contributed by atoms with van der Waals surface area (Å²) in [5, 5.41) is 12.7. The molecular weight excluding hydrogens is 330 g/mol. The molecule has 1 saturated heterocycles. The topological polar surface area (TPSA) is 66.1 Å². The molecule has 142 valence electrons. The van der Waals surface area contributed by atoms with Crippen LogP contribution in [0.2, 0.25) is 0 Å². The highest BCUT2D eigenvalue weighted by molar-refractivity contribution is 5.13. The monoisotopic (exact) mass is 359 g/mol. The first-order chi connectivity index (χ1) is 12.8. The van der Waals surface area contributed by atoms with Gasteiger partial charge < -0.3 is 14.8 Å². The number of hydrogen-bond donors (Lipinski definition) is 1. The number of rotatable bonds is 8. The van der Waals surface area contributed by atoms with E-state index in [1.807, 2.05) is 17.1 Å². The van der Waals surface area contributed by atoms with Crippen LogP contribution < -0.4 is 5.32 Å². The fraction of sp³-hybridized carbons (Fsp3) is 0.684. The molecule has 0 amide bonds. The molecule has 2 fully saturated rings. The predicted molar refractivity (Wildman–Crippen MR) is 97.8 cm³/mol. The van der Waals surface area contributed by atoms with Crippen LogP contribution in [0.5, 0.6) is 0 Å². The third-order valence-electron chi connectivity index (χ3n) is 5.57. The van der Waals surface area contributed by atoms with E-state index in [0.717, 1.165) is 31.7 Å². The van der Waals surface area contributed by atoms with Gasteiger partial charge in [-0.25, -0.2) is 0 Å². The summed E-state index contributed by atoms with van der Waals surface area (Å²) in [7, 11) is 1.71. The van der Waals surface area contributed by atoms with Crippen molar-refractivity contribution in [3.8, 4) is 0 Å². The average molecular weight is 359 g/mol. The third-order valence-corrected chi connectivity index (χ3v) is 5.57. The number of methoxy groups -OCH3 is 1. The van der Waals surface area contributed by atoms with Gasteiger partial charge in [-0.1, -0.05) is 12.8 Å². The van der Waals surface area contributed by atoms with Gasteiger partial charge in [0.2, 0.25) is 0 Å². The standard InChI is InChI=1S/C19H29N5O2/c1-25-11-9-23-14-15(12-22-23)19-18(7-10-26-19)20-13-17-6-8-21-24(17)16-4-2-3-5-16/h6,8,12,14,16,18-20H,2-5,7,9-11,13H2,1H3/t18-,19+/m0/s1. The maximum absolute atomic E-state index is 6.00. The molecular formula is C19H29N5O2. The Morgan fingerprint density at radius 3 is 3.00 bits per heavy atom. The summed E-state index contributed by atoms with van der Waals surface area (Å²) in [4.78, 5) is 0. The normalized spacial score (nSPS) is 23.9. The molecule has 1 saturated carbocycles. The summed E-state index contributed by atoms with van der Waals surface area (Å²) in [6.45, 7) is 3.05. The second-order valence-corrected chi connectivity index (χ2v) is 7.30. The Hall–Kier alpha value is -1.70. The zero-order valence-corrected chi connectivity index (χ0v) is 15.5. The van der Waals surface area contributed by atoms with Crippen molar-refractivity contribution < 1.29 is 9.47 Å². The Balaban J connectivity index is 1.37. The van der Waals surface area contributed by atoms with Gasteiger partial charge in [-0.3, -0.25) is 9.36 Å². The lowest BCUT2D eigenvalue weighted by Gasteiger charge is -2.20. The zero-order valence-electron chi connectivity index (χ0n) is 15.5. The van der Waals surface area contributed by atoms with E-state index in [4.69, 9.17) is 9.47 Å². The van der Waals surface area contributed by atoms with Crippen molar-refractivity contribution in [1.82, 2.24) is 24.9 Å². The molecule has 0 aromatic carbocycles. The Morgan fingerprint density at radius 2 is 2.15 bits per heavy atom. The molecule has 2 aromatic heterocycles. The van der Waals surface area contributed by atoms with Crippen LogP contribution in [0.4, 0.5) is 0 Å². The zero-order chi connectivity index (χ0) is 17.8. The first-order valence-electron chi connectivity index (χ1n) is 9.74. The summed E-state index contributed by atoms with van der Waals surface area (Å²) < 4.78 is 15.3. The van der Waals surface area contributed by atoms with Crippen LogP contribution in [0.15, 0.2) is 24.7 Å². The molecule has 3 heterocycles. The summed E-state index contributed by atoms with van der Waals surface area (Å²) in [5.74, 6) is 0. The minimum Gasteiger partial charge on any atom is -0.383 e. The molecule has 2 aliphatic rings. The van der Waals surface area contributed by atoms with Crippen LogP contribution in [-0.4, -0.2) is 45.9 Å². The van der Waals surface area contributed by atoms with Crippen LogP contribution in [0.25, 0.3) is 0 Å². The Labute approximate surface area is 154 Å². The molecule has 1 N–H and O–H groups in total. The number of aromatic nitrogens is 4. The number of nitrogens with zero attached hydrogens (tertiary/aromatic N) is 4. The van der Waals surface area contributed by atoms with E-state index in [9.17, 15) is 0 Å². The summed E-state index contributed by atoms with van der Waals surface area (Å²) in [5.41, 5.74) is 2.42. The minimum atomic E-state index is 0.0640. The first-order valence-corrected chi connectivity index (χ1v) is 9.74. The van der Waals surface area contributed by atoms with Gasteiger partial charge in [0.15, 0.2) is 0 Å². The smallest absolute Gasteiger partial charge is 0.101 e. The number of nitrogens with one attached hydrogen (secondary N) is 1. The van der Waals surface area contributed by atoms with E-state index in [2.05, 4.69) is 32.5 Å². The summed E-state index contributed by atoms with van der Waals surface area (Å²) >= 11 is 0. The van der Waals surface area contributed by atoms with Gasteiger partial charge in [0.05, 0.1) is 31.1 Å². The number of ether oxygens (including phenoxy) is 2. The van der Waals surface area contributed by atoms with E-state index < -0.39 is 0 Å². The highest BCUT2D eigenvalue weighted by Crippen LogP contribution is 2.31. The fourth-order valence-electron chi connectivity index (χ4n) is 4.16. The minimum absolute atomic E-state index is 0.0640. The Bertz CT molecular complexity index is 692. The van der Waals surface area contributed by atoms with Gasteiger partial charge >= 0.3 is 0 Å². The van der Waals surface area contributed by atoms with Crippen LogP contribution in [0.1, 0.15) is 55.5 Å². The lowest BCUT2D eigenvalue weighted by molar-refractivity contribution is 0.0981. The van der Waals surface area contributed by atoms with Crippen LogP contribution in [0, 0.1) is 0 Å². The molecule has 26 heavy (non-hydrogen) atoms. The molecule has 0 spiro atoms. The van der Waals surface area contributed by atoms with E-state index in [1.165, 1.54) is 31.4 Å². The first kappa shape index (κ1) is 17.7. The molecule has 0 radical (unpaired) electrons. The number of hydrogen-bond acceptors (Lipinski definition) is 5. The van der Waals surface area contributed by atoms with Gasteiger partial charge in [0, 0.05) is 44.3 Å². The highest BCUT2D eigenvalue weighted by atomic mass is 16.5. The van der Waals surface area contributed by atoms with Crippen molar-refractivity contribution in [1.29, 1.82) is 0 Å². The third kappa shape index (κ3) is 3.84. The lowest BCUT2D eigenvalue weighted by Crippen LogP contribution is -2.32. The van der Waals surface area contributed by atoms with E-state index in [1.54, 1.807) is 7.11 Å². The van der Waals surface area contributed by atoms with Crippen molar-refractivity contribution in [3.63, 3.8) is 0 Å². The van der Waals surface area contributed by atoms with Gasteiger partial charge in [-0.15, -0.1) is 0 Å². The molecule has 4 rings (SSSR count). The SMILES string of the molecule is COCCn1cc([C@H]2OCC[C@@H]2NCc2ccnn2C2CCCC2)cn1. The Morgan fingerprint density at radius 1 is 1.27 bits per heavy atom. The van der Waals surface area contributed by atoms with E-state index >= 15 is 0 Å². The fourth-order valence-corrected chi connectivity index (χ4v) is 4.16. The quantitative estimate of drug-likeness (QED) is 0.784. The molecule has 2 atom stereocenters. The molecule has 0 bridgehead atoms. The predicted octanol–water partition coefficient (Wildman–Crippen LogP) is 2.46. The van der Waals surface area contributed by atoms with Crippen LogP contribution >= 0.6 is 0 Å². The van der Waals surface area contributed by atoms with Crippen molar-refractivity contribution in [2.24, 2.45) is 0 Å². The summed E-state index contributed by atoms with van der Waals surface area (Å²) in [6, 6.07) is 3.03. The summed E-state index contributed by atoms with van der Waals surface area (Å²) in [6.07, 6.45) is 12.2. The van der Waals surface area contributed by atoms with Gasteiger partial charge in [0.1, 0.15) is 6.10 Å². The van der Waals surface area contributed by atoms with Gasteiger partial charge in [-0.2, -0.15) is 10.2 Å². The highest BCUT2D eigenvalue weighted by Gasteiger charge is 2.30. The van der Waals surface area contributed by atoms with Gasteiger partial charge in [-0.05, 0) is 25.3 Å². The van der Waals surface area contributed by atoms with Crippen molar-refractivity contribution in [2.45, 2.75) is 63.4 Å². The maximum atomic E-state index is 6.00. The Kier molecular flexibility index (Phi) is 5.67. The molecule has 1 aliphatic heterocycles. The second-order valence-electron chi connectivity index (χ2n) is 7.30. The van der Waals surface area contributed by atoms with Crippen molar-refractivity contribution in [3.05, 3.63) is 35.9 Å².